The van der Waals surface area contributed by atoms with Crippen molar-refractivity contribution in [3.63, 3.8) is 0 Å². The molecule has 1 aliphatic rings. The van der Waals surface area contributed by atoms with Gasteiger partial charge in [-0.15, -0.1) is 0 Å². The van der Waals surface area contributed by atoms with Crippen LogP contribution in [0, 0.1) is 0 Å². The van der Waals surface area contributed by atoms with Gasteiger partial charge in [0.1, 0.15) is 5.76 Å². The molecule has 0 aromatic carbocycles. The zero-order valence-corrected chi connectivity index (χ0v) is 13.1. The minimum atomic E-state index is -0.443. The van der Waals surface area contributed by atoms with E-state index in [2.05, 4.69) is 4.90 Å². The van der Waals surface area contributed by atoms with Gasteiger partial charge in [0.2, 0.25) is 5.76 Å². The Balaban J connectivity index is 2.17. The average Bonchev–Trinajstić information content (AvgIpc) is 2.89. The molecule has 2 atom stereocenters. The van der Waals surface area contributed by atoms with Gasteiger partial charge in [-0.3, -0.25) is 4.90 Å². The van der Waals surface area contributed by atoms with Crippen LogP contribution in [0.3, 0.4) is 0 Å². The van der Waals surface area contributed by atoms with Crippen molar-refractivity contribution in [2.24, 2.45) is 0 Å². The van der Waals surface area contributed by atoms with Gasteiger partial charge in [0.15, 0.2) is 0 Å². The second-order valence-electron chi connectivity index (χ2n) is 5.68. The van der Waals surface area contributed by atoms with E-state index in [9.17, 15) is 9.90 Å². The van der Waals surface area contributed by atoms with Crippen LogP contribution >= 0.6 is 0 Å². The topological polar surface area (TPSA) is 62.9 Å². The van der Waals surface area contributed by atoms with Crippen molar-refractivity contribution in [3.05, 3.63) is 23.2 Å². The van der Waals surface area contributed by atoms with E-state index < -0.39 is 5.97 Å². The first-order valence-corrected chi connectivity index (χ1v) is 7.68. The Morgan fingerprint density at radius 1 is 1.57 bits per heavy atom. The molecule has 1 saturated heterocycles. The predicted octanol–water partition coefficient (Wildman–Crippen LogP) is 2.36. The van der Waals surface area contributed by atoms with E-state index in [1.807, 2.05) is 13.8 Å². The molecular weight excluding hydrogens is 270 g/mol. The van der Waals surface area contributed by atoms with Gasteiger partial charge in [-0.25, -0.2) is 4.79 Å². The smallest absolute Gasteiger partial charge is 0.373 e. The Labute approximate surface area is 125 Å². The minimum Gasteiger partial charge on any atom is -0.463 e. The number of carbonyl (C=O) groups is 1. The van der Waals surface area contributed by atoms with Crippen LogP contribution in [0.15, 0.2) is 10.5 Å². The Morgan fingerprint density at radius 3 is 2.95 bits per heavy atom. The molecule has 5 heteroatoms. The molecule has 0 saturated carbocycles. The highest BCUT2D eigenvalue weighted by Gasteiger charge is 2.28. The highest BCUT2D eigenvalue weighted by molar-refractivity contribution is 5.86. The molecule has 1 aromatic rings. The van der Waals surface area contributed by atoms with Crippen molar-refractivity contribution in [3.8, 4) is 0 Å². The van der Waals surface area contributed by atoms with Crippen molar-refractivity contribution in [1.82, 2.24) is 4.90 Å². The van der Waals surface area contributed by atoms with Gasteiger partial charge in [-0.2, -0.15) is 0 Å². The SMILES string of the molecule is CCc1oc(C(=O)OC)cc1CN1CCCC[C@@H]1[C@H](C)O. The van der Waals surface area contributed by atoms with Crippen molar-refractivity contribution in [1.29, 1.82) is 0 Å². The maximum Gasteiger partial charge on any atom is 0.373 e. The van der Waals surface area contributed by atoms with E-state index >= 15 is 0 Å². The van der Waals surface area contributed by atoms with Gasteiger partial charge in [-0.1, -0.05) is 13.3 Å². The van der Waals surface area contributed by atoms with Crippen molar-refractivity contribution >= 4 is 5.97 Å². The number of aliphatic hydroxyl groups excluding tert-OH is 1. The summed E-state index contributed by atoms with van der Waals surface area (Å²) in [6, 6.07) is 1.96. The second-order valence-corrected chi connectivity index (χ2v) is 5.68. The number of piperidine rings is 1. The van der Waals surface area contributed by atoms with E-state index in [0.29, 0.717) is 6.54 Å². The van der Waals surface area contributed by atoms with Gasteiger partial charge in [0, 0.05) is 24.6 Å². The van der Waals surface area contributed by atoms with Crippen LogP contribution < -0.4 is 0 Å². The van der Waals surface area contributed by atoms with E-state index in [1.54, 1.807) is 6.07 Å². The number of rotatable bonds is 5. The summed E-state index contributed by atoms with van der Waals surface area (Å²) in [5, 5.41) is 9.94. The Bertz CT molecular complexity index is 481. The van der Waals surface area contributed by atoms with Gasteiger partial charge in [-0.05, 0) is 32.4 Å². The third-order valence-electron chi connectivity index (χ3n) is 4.20. The quantitative estimate of drug-likeness (QED) is 0.845. The molecular formula is C16H25NO4. The molecule has 1 aliphatic heterocycles. The maximum atomic E-state index is 11.6. The lowest BCUT2D eigenvalue weighted by molar-refractivity contribution is 0.0314. The fourth-order valence-corrected chi connectivity index (χ4v) is 3.08. The number of aryl methyl sites for hydroxylation is 1. The van der Waals surface area contributed by atoms with Crippen molar-refractivity contribution in [2.45, 2.75) is 58.2 Å². The van der Waals surface area contributed by atoms with E-state index in [4.69, 9.17) is 9.15 Å². The molecule has 0 spiro atoms. The zero-order chi connectivity index (χ0) is 15.4. The Kier molecular flexibility index (Phi) is 5.42. The summed E-state index contributed by atoms with van der Waals surface area (Å²) in [7, 11) is 1.35. The highest BCUT2D eigenvalue weighted by Crippen LogP contribution is 2.25. The molecule has 0 unspecified atom stereocenters. The number of esters is 1. The first-order chi connectivity index (χ1) is 10.1. The lowest BCUT2D eigenvalue weighted by Crippen LogP contribution is -2.45. The van der Waals surface area contributed by atoms with Crippen LogP contribution in [0.4, 0.5) is 0 Å². The first-order valence-electron chi connectivity index (χ1n) is 7.68. The number of likely N-dealkylation sites (tertiary alicyclic amines) is 1. The lowest BCUT2D eigenvalue weighted by Gasteiger charge is -2.37. The molecule has 1 aromatic heterocycles. The molecule has 5 nitrogen and oxygen atoms in total. The lowest BCUT2D eigenvalue weighted by atomic mass is 9.97. The number of furan rings is 1. The number of nitrogens with zero attached hydrogens (tertiary/aromatic N) is 1. The third-order valence-corrected chi connectivity index (χ3v) is 4.20. The van der Waals surface area contributed by atoms with E-state index in [1.165, 1.54) is 7.11 Å². The number of aliphatic hydroxyl groups is 1. The molecule has 0 amide bonds. The molecule has 2 heterocycles. The fourth-order valence-electron chi connectivity index (χ4n) is 3.08. The highest BCUT2D eigenvalue weighted by atomic mass is 16.5. The molecule has 21 heavy (non-hydrogen) atoms. The minimum absolute atomic E-state index is 0.180. The van der Waals surface area contributed by atoms with Crippen LogP contribution in [-0.2, 0) is 17.7 Å². The molecule has 0 bridgehead atoms. The number of hydrogen-bond donors (Lipinski definition) is 1. The summed E-state index contributed by atoms with van der Waals surface area (Å²) in [5.74, 6) is 0.641. The van der Waals surface area contributed by atoms with E-state index in [-0.39, 0.29) is 17.9 Å². The van der Waals surface area contributed by atoms with Gasteiger partial charge < -0.3 is 14.3 Å². The molecule has 0 aliphatic carbocycles. The average molecular weight is 295 g/mol. The Morgan fingerprint density at radius 2 is 2.33 bits per heavy atom. The first kappa shape index (κ1) is 16.0. The standard InChI is InChI=1S/C16H25NO4/c1-4-14-12(9-15(21-14)16(19)20-3)10-17-8-6-5-7-13(17)11(2)18/h9,11,13,18H,4-8,10H2,1-3H3/t11-,13+/m0/s1. The van der Waals surface area contributed by atoms with Crippen LogP contribution in [0.5, 0.6) is 0 Å². The largest absolute Gasteiger partial charge is 0.463 e. The van der Waals surface area contributed by atoms with Crippen LogP contribution in [0.2, 0.25) is 0 Å². The van der Waals surface area contributed by atoms with Crippen molar-refractivity contribution in [2.75, 3.05) is 13.7 Å². The molecule has 1 N–H and O–H groups in total. The summed E-state index contributed by atoms with van der Waals surface area (Å²) in [5.41, 5.74) is 1.02. The molecule has 118 valence electrons. The predicted molar refractivity (Wildman–Crippen MR) is 79.2 cm³/mol. The maximum absolute atomic E-state index is 11.6. The normalized spacial score (nSPS) is 21.2. The monoisotopic (exact) mass is 295 g/mol. The van der Waals surface area contributed by atoms with Crippen molar-refractivity contribution < 1.29 is 19.1 Å². The van der Waals surface area contributed by atoms with Gasteiger partial charge in [0.25, 0.3) is 0 Å². The molecule has 2 rings (SSSR count). The summed E-state index contributed by atoms with van der Waals surface area (Å²) >= 11 is 0. The fraction of sp³-hybridized carbons (Fsp3) is 0.688. The number of methoxy groups -OCH3 is 1. The van der Waals surface area contributed by atoms with E-state index in [0.717, 1.165) is 43.6 Å². The van der Waals surface area contributed by atoms with Gasteiger partial charge in [0.05, 0.1) is 13.2 Å². The second kappa shape index (κ2) is 7.09. The summed E-state index contributed by atoms with van der Waals surface area (Å²) in [4.78, 5) is 13.9. The zero-order valence-electron chi connectivity index (χ0n) is 13.1. The van der Waals surface area contributed by atoms with Gasteiger partial charge >= 0.3 is 5.97 Å². The third kappa shape index (κ3) is 3.66. The summed E-state index contributed by atoms with van der Waals surface area (Å²) in [6.45, 7) is 5.53. The Hall–Kier alpha value is -1.33. The molecule has 1 fully saturated rings. The number of carbonyl (C=O) groups excluding carboxylic acids is 1. The summed E-state index contributed by atoms with van der Waals surface area (Å²) in [6.07, 6.45) is 3.71. The summed E-state index contributed by atoms with van der Waals surface area (Å²) < 4.78 is 10.3. The van der Waals surface area contributed by atoms with Crippen LogP contribution in [-0.4, -0.2) is 41.8 Å². The molecule has 0 radical (unpaired) electrons. The number of ether oxygens (including phenoxy) is 1. The number of hydrogen-bond acceptors (Lipinski definition) is 5. The van der Waals surface area contributed by atoms with Crippen LogP contribution in [0.1, 0.15) is 55.0 Å². The van der Waals surface area contributed by atoms with Crippen LogP contribution in [0.25, 0.3) is 0 Å².